The van der Waals surface area contributed by atoms with Gasteiger partial charge in [0.2, 0.25) is 0 Å². The molecule has 1 N–H and O–H groups in total. The average molecular weight is 329 g/mol. The van der Waals surface area contributed by atoms with Crippen LogP contribution in [0.5, 0.6) is 5.75 Å². The van der Waals surface area contributed by atoms with Gasteiger partial charge in [0, 0.05) is 39.8 Å². The highest BCUT2D eigenvalue weighted by atomic mass is 35.5. The molecule has 22 heavy (non-hydrogen) atoms. The molecule has 1 aromatic rings. The molecule has 0 aliphatic carbocycles. The van der Waals surface area contributed by atoms with Crippen molar-refractivity contribution in [1.82, 2.24) is 10.2 Å². The van der Waals surface area contributed by atoms with Gasteiger partial charge in [-0.3, -0.25) is 4.90 Å². The number of nitrogens with one attached hydrogen (secondary N) is 1. The third-order valence-corrected chi connectivity index (χ3v) is 3.87. The molecular weight excluding hydrogens is 304 g/mol. The maximum atomic E-state index is 6.28. The number of ether oxygens (including phenoxy) is 3. The molecule has 1 aliphatic heterocycles. The smallest absolute Gasteiger partial charge is 0.137 e. The lowest BCUT2D eigenvalue weighted by molar-refractivity contribution is 0.0322. The Kier molecular flexibility index (Phi) is 7.98. The largest absolute Gasteiger partial charge is 0.491 e. The van der Waals surface area contributed by atoms with Crippen LogP contribution in [0.1, 0.15) is 5.56 Å². The first-order valence-electron chi connectivity index (χ1n) is 7.70. The van der Waals surface area contributed by atoms with E-state index < -0.39 is 0 Å². The van der Waals surface area contributed by atoms with E-state index in [4.69, 9.17) is 25.8 Å². The Hall–Kier alpha value is -0.850. The SMILES string of the molecule is COCCNCc1ccc(OCCN2CCOCC2)c(Cl)c1. The van der Waals surface area contributed by atoms with Gasteiger partial charge >= 0.3 is 0 Å². The number of nitrogens with zero attached hydrogens (tertiary/aromatic N) is 1. The van der Waals surface area contributed by atoms with Gasteiger partial charge < -0.3 is 19.5 Å². The summed E-state index contributed by atoms with van der Waals surface area (Å²) in [4.78, 5) is 2.34. The van der Waals surface area contributed by atoms with Gasteiger partial charge in [-0.2, -0.15) is 0 Å². The summed E-state index contributed by atoms with van der Waals surface area (Å²) in [6.45, 7) is 7.42. The van der Waals surface area contributed by atoms with Crippen molar-refractivity contribution >= 4 is 11.6 Å². The van der Waals surface area contributed by atoms with E-state index in [-0.39, 0.29) is 0 Å². The average Bonchev–Trinajstić information content (AvgIpc) is 2.54. The first kappa shape index (κ1) is 17.5. The number of hydrogen-bond donors (Lipinski definition) is 1. The second-order valence-corrected chi connectivity index (χ2v) is 5.64. The van der Waals surface area contributed by atoms with Crippen molar-refractivity contribution in [2.75, 3.05) is 59.7 Å². The van der Waals surface area contributed by atoms with Crippen LogP contribution in [-0.4, -0.2) is 64.6 Å². The van der Waals surface area contributed by atoms with Crippen LogP contribution in [0, 0.1) is 0 Å². The molecule has 0 spiro atoms. The van der Waals surface area contributed by atoms with Gasteiger partial charge in [-0.1, -0.05) is 17.7 Å². The van der Waals surface area contributed by atoms with E-state index in [0.717, 1.165) is 57.3 Å². The fourth-order valence-corrected chi connectivity index (χ4v) is 2.55. The van der Waals surface area contributed by atoms with Crippen molar-refractivity contribution in [3.8, 4) is 5.75 Å². The zero-order valence-electron chi connectivity index (χ0n) is 13.1. The number of benzene rings is 1. The van der Waals surface area contributed by atoms with Crippen molar-refractivity contribution in [1.29, 1.82) is 0 Å². The molecule has 5 nitrogen and oxygen atoms in total. The number of morpholine rings is 1. The molecule has 1 saturated heterocycles. The highest BCUT2D eigenvalue weighted by Gasteiger charge is 2.10. The predicted molar refractivity (Wildman–Crippen MR) is 87.8 cm³/mol. The molecule has 1 aliphatic rings. The molecule has 1 heterocycles. The van der Waals surface area contributed by atoms with Gasteiger partial charge in [0.1, 0.15) is 12.4 Å². The van der Waals surface area contributed by atoms with E-state index in [0.29, 0.717) is 18.2 Å². The van der Waals surface area contributed by atoms with Crippen LogP contribution in [0.3, 0.4) is 0 Å². The van der Waals surface area contributed by atoms with E-state index in [9.17, 15) is 0 Å². The molecular formula is C16H25ClN2O3. The zero-order chi connectivity index (χ0) is 15.6. The van der Waals surface area contributed by atoms with Crippen LogP contribution in [0.15, 0.2) is 18.2 Å². The van der Waals surface area contributed by atoms with Crippen LogP contribution in [0.25, 0.3) is 0 Å². The Bertz CT molecular complexity index is 439. The number of methoxy groups -OCH3 is 1. The van der Waals surface area contributed by atoms with Crippen molar-refractivity contribution in [3.63, 3.8) is 0 Å². The van der Waals surface area contributed by atoms with Gasteiger partial charge in [0.15, 0.2) is 0 Å². The first-order valence-corrected chi connectivity index (χ1v) is 8.08. The molecule has 2 rings (SSSR count). The molecule has 0 bridgehead atoms. The summed E-state index contributed by atoms with van der Waals surface area (Å²) in [6.07, 6.45) is 0. The summed E-state index contributed by atoms with van der Waals surface area (Å²) in [7, 11) is 1.70. The molecule has 0 unspecified atom stereocenters. The fraction of sp³-hybridized carbons (Fsp3) is 0.625. The highest BCUT2D eigenvalue weighted by Crippen LogP contribution is 2.25. The summed E-state index contributed by atoms with van der Waals surface area (Å²) >= 11 is 6.28. The monoisotopic (exact) mass is 328 g/mol. The third-order valence-electron chi connectivity index (χ3n) is 3.58. The van der Waals surface area contributed by atoms with Crippen molar-refractivity contribution in [3.05, 3.63) is 28.8 Å². The Morgan fingerprint density at radius 2 is 2.09 bits per heavy atom. The quantitative estimate of drug-likeness (QED) is 0.700. The van der Waals surface area contributed by atoms with Crippen molar-refractivity contribution in [2.45, 2.75) is 6.54 Å². The minimum absolute atomic E-state index is 0.644. The standard InChI is InChI=1S/C16H25ClN2O3/c1-20-8-4-18-13-14-2-3-16(15(17)12-14)22-11-7-19-5-9-21-10-6-19/h2-3,12,18H,4-11,13H2,1H3. The molecule has 0 saturated carbocycles. The Labute approximate surface area is 137 Å². The van der Waals surface area contributed by atoms with E-state index >= 15 is 0 Å². The number of rotatable bonds is 9. The summed E-state index contributed by atoms with van der Waals surface area (Å²) < 4.78 is 16.1. The summed E-state index contributed by atoms with van der Waals surface area (Å²) in [5.74, 6) is 0.746. The van der Waals surface area contributed by atoms with Crippen LogP contribution in [0.2, 0.25) is 5.02 Å². The second kappa shape index (κ2) is 10.0. The number of halogens is 1. The van der Waals surface area contributed by atoms with E-state index in [1.807, 2.05) is 18.2 Å². The summed E-state index contributed by atoms with van der Waals surface area (Å²) in [5.41, 5.74) is 1.14. The van der Waals surface area contributed by atoms with Crippen LogP contribution in [0.4, 0.5) is 0 Å². The van der Waals surface area contributed by atoms with Crippen LogP contribution >= 0.6 is 11.6 Å². The minimum Gasteiger partial charge on any atom is -0.491 e. The fourth-order valence-electron chi connectivity index (χ4n) is 2.29. The maximum absolute atomic E-state index is 6.28. The molecule has 0 amide bonds. The third kappa shape index (κ3) is 6.10. The minimum atomic E-state index is 0.644. The topological polar surface area (TPSA) is 43.0 Å². The Morgan fingerprint density at radius 1 is 1.27 bits per heavy atom. The van der Waals surface area contributed by atoms with Crippen LogP contribution < -0.4 is 10.1 Å². The number of hydrogen-bond acceptors (Lipinski definition) is 5. The molecule has 124 valence electrons. The van der Waals surface area contributed by atoms with Crippen molar-refractivity contribution < 1.29 is 14.2 Å². The van der Waals surface area contributed by atoms with Gasteiger partial charge in [-0.15, -0.1) is 0 Å². The van der Waals surface area contributed by atoms with Gasteiger partial charge in [-0.25, -0.2) is 0 Å². The zero-order valence-corrected chi connectivity index (χ0v) is 13.9. The van der Waals surface area contributed by atoms with Crippen LogP contribution in [-0.2, 0) is 16.0 Å². The Balaban J connectivity index is 1.71. The summed E-state index contributed by atoms with van der Waals surface area (Å²) in [6, 6.07) is 5.93. The second-order valence-electron chi connectivity index (χ2n) is 5.24. The first-order chi connectivity index (χ1) is 10.8. The van der Waals surface area contributed by atoms with E-state index in [1.54, 1.807) is 7.11 Å². The lowest BCUT2D eigenvalue weighted by atomic mass is 10.2. The maximum Gasteiger partial charge on any atom is 0.137 e. The molecule has 0 atom stereocenters. The van der Waals surface area contributed by atoms with E-state index in [2.05, 4.69) is 10.2 Å². The highest BCUT2D eigenvalue weighted by molar-refractivity contribution is 6.32. The molecule has 1 fully saturated rings. The normalized spacial score (nSPS) is 15.9. The van der Waals surface area contributed by atoms with E-state index in [1.165, 1.54) is 0 Å². The summed E-state index contributed by atoms with van der Waals surface area (Å²) in [5, 5.41) is 3.95. The lowest BCUT2D eigenvalue weighted by Gasteiger charge is -2.26. The molecule has 6 heteroatoms. The predicted octanol–water partition coefficient (Wildman–Crippen LogP) is 1.79. The lowest BCUT2D eigenvalue weighted by Crippen LogP contribution is -2.38. The molecule has 0 aromatic heterocycles. The van der Waals surface area contributed by atoms with Gasteiger partial charge in [-0.05, 0) is 17.7 Å². The van der Waals surface area contributed by atoms with Gasteiger partial charge in [0.05, 0.1) is 24.8 Å². The Morgan fingerprint density at radius 3 is 2.82 bits per heavy atom. The van der Waals surface area contributed by atoms with Gasteiger partial charge in [0.25, 0.3) is 0 Å². The molecule has 1 aromatic carbocycles. The van der Waals surface area contributed by atoms with Crippen molar-refractivity contribution in [2.24, 2.45) is 0 Å². The molecule has 0 radical (unpaired) electrons.